The summed E-state index contributed by atoms with van der Waals surface area (Å²) in [4.78, 5) is 9.04. The quantitative estimate of drug-likeness (QED) is 0.400. The van der Waals surface area contributed by atoms with Gasteiger partial charge in [-0.1, -0.05) is 13.8 Å². The molecule has 17 heavy (non-hydrogen) atoms. The first-order valence-corrected chi connectivity index (χ1v) is 10.3. The Morgan fingerprint density at radius 1 is 1.41 bits per heavy atom. The van der Waals surface area contributed by atoms with Crippen LogP contribution in [0.3, 0.4) is 0 Å². The molecule has 0 aliphatic rings. The summed E-state index contributed by atoms with van der Waals surface area (Å²) in [6.45, 7) is 5.58. The summed E-state index contributed by atoms with van der Waals surface area (Å²) >= 11 is 1.79. The highest BCUT2D eigenvalue weighted by Crippen LogP contribution is 2.50. The maximum Gasteiger partial charge on any atom is 0.323 e. The second kappa shape index (κ2) is 8.45. The first kappa shape index (κ1) is 17.4. The largest absolute Gasteiger partial charge is 0.461 e. The van der Waals surface area contributed by atoms with Crippen LogP contribution in [0.4, 0.5) is 0 Å². The third-order valence-corrected chi connectivity index (χ3v) is 5.26. The summed E-state index contributed by atoms with van der Waals surface area (Å²) in [5, 5.41) is 2.75. The number of esters is 1. The molecule has 0 saturated heterocycles. The van der Waals surface area contributed by atoms with Crippen molar-refractivity contribution in [1.29, 1.82) is 0 Å². The zero-order valence-electron chi connectivity index (χ0n) is 10.7. The van der Waals surface area contributed by atoms with Crippen LogP contribution >= 0.6 is 27.0 Å². The molecule has 0 aromatic carbocycles. The van der Waals surface area contributed by atoms with E-state index in [1.165, 1.54) is 7.11 Å². The van der Waals surface area contributed by atoms with Crippen molar-refractivity contribution in [2.75, 3.05) is 13.5 Å². The Labute approximate surface area is 116 Å². The SMILES string of the molecule is CCC(CC)OC(=O)C(C)NP(=O)(I)COC. The lowest BCUT2D eigenvalue weighted by atomic mass is 10.2. The molecule has 0 radical (unpaired) electrons. The molecule has 0 amide bonds. The van der Waals surface area contributed by atoms with Gasteiger partial charge in [0.15, 0.2) is 0 Å². The predicted octanol–water partition coefficient (Wildman–Crippen LogP) is 2.93. The van der Waals surface area contributed by atoms with Gasteiger partial charge < -0.3 is 9.47 Å². The Bertz CT molecular complexity index is 283. The summed E-state index contributed by atoms with van der Waals surface area (Å²) in [6, 6.07) is -0.589. The maximum atomic E-state index is 11.9. The van der Waals surface area contributed by atoms with Crippen molar-refractivity contribution >= 4 is 32.9 Å². The molecular weight excluding hydrogens is 356 g/mol. The number of rotatable bonds is 8. The minimum atomic E-state index is -2.67. The fourth-order valence-corrected chi connectivity index (χ4v) is 4.45. The molecule has 0 aliphatic heterocycles. The van der Waals surface area contributed by atoms with Gasteiger partial charge >= 0.3 is 5.97 Å². The zero-order valence-corrected chi connectivity index (χ0v) is 13.8. The van der Waals surface area contributed by atoms with Crippen LogP contribution in [0.15, 0.2) is 0 Å². The molecule has 0 heterocycles. The Kier molecular flexibility index (Phi) is 8.63. The Hall–Kier alpha value is 0.350. The van der Waals surface area contributed by atoms with Gasteiger partial charge in [0, 0.05) is 29.2 Å². The summed E-state index contributed by atoms with van der Waals surface area (Å²) in [5.74, 6) is -0.369. The van der Waals surface area contributed by atoms with Gasteiger partial charge in [0.05, 0.1) is 0 Å². The molecule has 0 aromatic rings. The van der Waals surface area contributed by atoms with E-state index in [9.17, 15) is 9.36 Å². The molecule has 0 aromatic heterocycles. The Morgan fingerprint density at radius 3 is 2.35 bits per heavy atom. The van der Waals surface area contributed by atoms with Crippen LogP contribution in [-0.4, -0.2) is 31.6 Å². The first-order valence-electron chi connectivity index (χ1n) is 5.62. The maximum absolute atomic E-state index is 11.9. The molecule has 0 fully saturated rings. The molecule has 1 N–H and O–H groups in total. The van der Waals surface area contributed by atoms with Crippen LogP contribution in [0.1, 0.15) is 33.6 Å². The molecule has 2 atom stereocenters. The molecule has 0 bridgehead atoms. The lowest BCUT2D eigenvalue weighted by Gasteiger charge is -2.20. The number of carbonyl (C=O) groups excluding carboxylic acids is 1. The van der Waals surface area contributed by atoms with E-state index in [0.29, 0.717) is 0 Å². The molecule has 0 rings (SSSR count). The smallest absolute Gasteiger partial charge is 0.323 e. The monoisotopic (exact) mass is 377 g/mol. The van der Waals surface area contributed by atoms with Gasteiger partial charge in [-0.2, -0.15) is 0 Å². The lowest BCUT2D eigenvalue weighted by molar-refractivity contribution is -0.150. The van der Waals surface area contributed by atoms with Gasteiger partial charge in [0.25, 0.3) is 0 Å². The number of hydrogen-bond acceptors (Lipinski definition) is 4. The molecule has 2 unspecified atom stereocenters. The summed E-state index contributed by atoms with van der Waals surface area (Å²) < 4.78 is 22.0. The number of ether oxygens (including phenoxy) is 2. The standard InChI is InChI=1S/C10H21INO4P/c1-5-9(6-2)16-10(13)8(3)12-17(11,14)7-15-4/h8-9H,5-7H2,1-4H3,(H,12,14). The van der Waals surface area contributed by atoms with Gasteiger partial charge in [-0.15, -0.1) is 0 Å². The van der Waals surface area contributed by atoms with E-state index < -0.39 is 11.0 Å². The van der Waals surface area contributed by atoms with Gasteiger partial charge in [-0.3, -0.25) is 9.36 Å². The van der Waals surface area contributed by atoms with Crippen molar-refractivity contribution in [3.05, 3.63) is 0 Å². The highest BCUT2D eigenvalue weighted by Gasteiger charge is 2.26. The molecular formula is C10H21INO4P. The topological polar surface area (TPSA) is 64.6 Å². The number of methoxy groups -OCH3 is 1. The molecule has 5 nitrogen and oxygen atoms in total. The van der Waals surface area contributed by atoms with E-state index >= 15 is 0 Å². The average Bonchev–Trinajstić information content (AvgIpc) is 2.24. The van der Waals surface area contributed by atoms with Crippen molar-refractivity contribution in [3.8, 4) is 0 Å². The lowest BCUT2D eigenvalue weighted by Crippen LogP contribution is -2.35. The summed E-state index contributed by atoms with van der Waals surface area (Å²) in [7, 11) is 1.47. The summed E-state index contributed by atoms with van der Waals surface area (Å²) in [6.07, 6.45) is 1.60. The third-order valence-electron chi connectivity index (χ3n) is 2.23. The van der Waals surface area contributed by atoms with E-state index in [1.807, 2.05) is 13.8 Å². The van der Waals surface area contributed by atoms with Gasteiger partial charge in [-0.05, 0) is 19.8 Å². The third kappa shape index (κ3) is 7.39. The molecule has 0 saturated carbocycles. The van der Waals surface area contributed by atoms with Gasteiger partial charge in [-0.25, -0.2) is 5.09 Å². The average molecular weight is 377 g/mol. The van der Waals surface area contributed by atoms with Crippen molar-refractivity contribution in [3.63, 3.8) is 0 Å². The van der Waals surface area contributed by atoms with Gasteiger partial charge in [0.2, 0.25) is 4.94 Å². The number of halogens is 1. The van der Waals surface area contributed by atoms with Crippen LogP contribution in [-0.2, 0) is 18.8 Å². The Morgan fingerprint density at radius 2 is 1.94 bits per heavy atom. The normalized spacial score (nSPS) is 16.6. The highest BCUT2D eigenvalue weighted by molar-refractivity contribution is 14.2. The van der Waals surface area contributed by atoms with E-state index in [1.54, 1.807) is 29.0 Å². The zero-order chi connectivity index (χ0) is 13.5. The number of hydrogen-bond donors (Lipinski definition) is 1. The van der Waals surface area contributed by atoms with Crippen LogP contribution in [0.25, 0.3) is 0 Å². The minimum Gasteiger partial charge on any atom is -0.461 e. The number of nitrogens with one attached hydrogen (secondary N) is 1. The van der Waals surface area contributed by atoms with E-state index in [-0.39, 0.29) is 18.4 Å². The van der Waals surface area contributed by atoms with Crippen LogP contribution in [0.2, 0.25) is 0 Å². The van der Waals surface area contributed by atoms with E-state index in [2.05, 4.69) is 5.09 Å². The van der Waals surface area contributed by atoms with Crippen LogP contribution in [0, 0.1) is 0 Å². The van der Waals surface area contributed by atoms with Crippen molar-refractivity contribution in [2.24, 2.45) is 0 Å². The van der Waals surface area contributed by atoms with Gasteiger partial charge in [0.1, 0.15) is 18.5 Å². The van der Waals surface area contributed by atoms with E-state index in [4.69, 9.17) is 9.47 Å². The van der Waals surface area contributed by atoms with Crippen LogP contribution < -0.4 is 5.09 Å². The second-order valence-electron chi connectivity index (χ2n) is 3.80. The van der Waals surface area contributed by atoms with Crippen molar-refractivity contribution in [1.82, 2.24) is 5.09 Å². The minimum absolute atomic E-state index is 0.0669. The van der Waals surface area contributed by atoms with Crippen molar-refractivity contribution in [2.45, 2.75) is 45.8 Å². The molecule has 7 heteroatoms. The molecule has 102 valence electrons. The van der Waals surface area contributed by atoms with Crippen molar-refractivity contribution < 1.29 is 18.8 Å². The molecule has 0 aliphatic carbocycles. The fourth-order valence-electron chi connectivity index (χ4n) is 1.27. The predicted molar refractivity (Wildman–Crippen MR) is 76.6 cm³/mol. The highest BCUT2D eigenvalue weighted by atomic mass is 127. The number of carbonyl (C=O) groups is 1. The van der Waals surface area contributed by atoms with Crippen LogP contribution in [0.5, 0.6) is 0 Å². The fraction of sp³-hybridized carbons (Fsp3) is 0.900. The Balaban J connectivity index is 4.27. The summed E-state index contributed by atoms with van der Waals surface area (Å²) in [5.41, 5.74) is 0. The second-order valence-corrected chi connectivity index (χ2v) is 10.3. The first-order chi connectivity index (χ1) is 7.86. The van der Waals surface area contributed by atoms with E-state index in [0.717, 1.165) is 12.8 Å². The molecule has 0 spiro atoms.